The van der Waals surface area contributed by atoms with E-state index in [9.17, 15) is 9.59 Å². The molecule has 0 aliphatic carbocycles. The van der Waals surface area contributed by atoms with Crippen LogP contribution < -0.4 is 15.4 Å². The van der Waals surface area contributed by atoms with Crippen LogP contribution in [0.15, 0.2) is 12.1 Å². The predicted octanol–water partition coefficient (Wildman–Crippen LogP) is 1.97. The second-order valence-electron chi connectivity index (χ2n) is 4.10. The number of carbonyl (C=O) groups excluding carboxylic acids is 2. The topological polar surface area (TPSA) is 70.7 Å². The summed E-state index contributed by atoms with van der Waals surface area (Å²) >= 11 is 12.0. The smallest absolute Gasteiger partial charge is 0.324 e. The van der Waals surface area contributed by atoms with Gasteiger partial charge < -0.3 is 15.4 Å². The minimum Gasteiger partial charge on any atom is -0.494 e. The molecule has 3 amide bonds. The number of benzene rings is 1. The highest BCUT2D eigenvalue weighted by Gasteiger charge is 2.25. The maximum Gasteiger partial charge on any atom is 0.324 e. The summed E-state index contributed by atoms with van der Waals surface area (Å²) in [5.74, 6) is 0.0622. The zero-order valence-electron chi connectivity index (χ0n) is 10.7. The van der Waals surface area contributed by atoms with Crippen LogP contribution in [0.5, 0.6) is 5.75 Å². The molecule has 20 heavy (non-hydrogen) atoms. The van der Waals surface area contributed by atoms with Gasteiger partial charge in [-0.25, -0.2) is 4.79 Å². The van der Waals surface area contributed by atoms with Crippen LogP contribution in [0.3, 0.4) is 0 Å². The molecule has 8 heteroatoms. The Kier molecular flexibility index (Phi) is 4.57. The van der Waals surface area contributed by atoms with Crippen molar-refractivity contribution in [2.75, 3.05) is 32.1 Å². The summed E-state index contributed by atoms with van der Waals surface area (Å²) in [6, 6.07) is 2.83. The molecule has 108 valence electrons. The Bertz CT molecular complexity index is 528. The fourth-order valence-corrected chi connectivity index (χ4v) is 2.48. The van der Waals surface area contributed by atoms with Crippen molar-refractivity contribution in [2.24, 2.45) is 0 Å². The minimum absolute atomic E-state index is 0.0214. The van der Waals surface area contributed by atoms with Gasteiger partial charge in [-0.15, -0.1) is 0 Å². The lowest BCUT2D eigenvalue weighted by Gasteiger charge is -2.14. The van der Waals surface area contributed by atoms with Crippen molar-refractivity contribution in [3.63, 3.8) is 0 Å². The second-order valence-corrected chi connectivity index (χ2v) is 4.92. The quantitative estimate of drug-likeness (QED) is 0.890. The summed E-state index contributed by atoms with van der Waals surface area (Å²) in [6.45, 7) is 0.834. The Hall–Kier alpha value is -1.66. The summed E-state index contributed by atoms with van der Waals surface area (Å²) in [5, 5.41) is 6.12. The molecule has 0 bridgehead atoms. The number of hydrogen-bond donors (Lipinski definition) is 2. The average molecular weight is 318 g/mol. The maximum absolute atomic E-state index is 11.8. The summed E-state index contributed by atoms with van der Waals surface area (Å²) in [6.07, 6.45) is 0. The lowest BCUT2D eigenvalue weighted by Crippen LogP contribution is -2.37. The van der Waals surface area contributed by atoms with Crippen LogP contribution in [0.4, 0.5) is 10.5 Å². The van der Waals surface area contributed by atoms with Gasteiger partial charge in [0.15, 0.2) is 5.75 Å². The van der Waals surface area contributed by atoms with E-state index in [0.29, 0.717) is 34.6 Å². The number of urea groups is 1. The molecule has 0 saturated carbocycles. The van der Waals surface area contributed by atoms with Gasteiger partial charge in [-0.2, -0.15) is 0 Å². The van der Waals surface area contributed by atoms with Crippen molar-refractivity contribution in [1.29, 1.82) is 0 Å². The van der Waals surface area contributed by atoms with Crippen molar-refractivity contribution in [3.8, 4) is 5.75 Å². The molecule has 1 aromatic rings. The number of halogens is 2. The SMILES string of the molecule is COc1c(Cl)cc(NCC(=O)N2CCNC2=O)cc1Cl. The summed E-state index contributed by atoms with van der Waals surface area (Å²) in [7, 11) is 1.47. The van der Waals surface area contributed by atoms with Gasteiger partial charge in [-0.1, -0.05) is 23.2 Å². The molecule has 1 fully saturated rings. The largest absolute Gasteiger partial charge is 0.494 e. The number of amides is 3. The van der Waals surface area contributed by atoms with Gasteiger partial charge in [-0.3, -0.25) is 9.69 Å². The van der Waals surface area contributed by atoms with Gasteiger partial charge in [0.1, 0.15) is 0 Å². The van der Waals surface area contributed by atoms with Crippen molar-refractivity contribution in [3.05, 3.63) is 22.2 Å². The number of nitrogens with one attached hydrogen (secondary N) is 2. The average Bonchev–Trinajstić information content (AvgIpc) is 2.82. The second kappa shape index (κ2) is 6.19. The summed E-state index contributed by atoms with van der Waals surface area (Å²) in [5.41, 5.74) is 0.578. The normalized spacial score (nSPS) is 14.2. The molecule has 1 aliphatic rings. The first-order valence-electron chi connectivity index (χ1n) is 5.88. The van der Waals surface area contributed by atoms with Gasteiger partial charge in [0.2, 0.25) is 5.91 Å². The standard InChI is InChI=1S/C12H13Cl2N3O3/c1-20-11-8(13)4-7(5-9(11)14)16-6-10(18)17-3-2-15-12(17)19/h4-5,16H,2-3,6H2,1H3,(H,15,19). The van der Waals surface area contributed by atoms with Crippen molar-refractivity contribution < 1.29 is 14.3 Å². The van der Waals surface area contributed by atoms with Gasteiger partial charge in [0.05, 0.1) is 23.7 Å². The van der Waals surface area contributed by atoms with Gasteiger partial charge in [0, 0.05) is 18.8 Å². The number of ether oxygens (including phenoxy) is 1. The van der Waals surface area contributed by atoms with E-state index in [2.05, 4.69) is 10.6 Å². The van der Waals surface area contributed by atoms with E-state index in [0.717, 1.165) is 4.90 Å². The zero-order chi connectivity index (χ0) is 14.7. The highest BCUT2D eigenvalue weighted by atomic mass is 35.5. The zero-order valence-corrected chi connectivity index (χ0v) is 12.2. The first kappa shape index (κ1) is 14.7. The predicted molar refractivity (Wildman–Crippen MR) is 76.6 cm³/mol. The third-order valence-electron chi connectivity index (χ3n) is 2.80. The van der Waals surface area contributed by atoms with E-state index in [-0.39, 0.29) is 18.5 Å². The number of carbonyl (C=O) groups is 2. The first-order valence-corrected chi connectivity index (χ1v) is 6.63. The molecule has 1 saturated heterocycles. The third-order valence-corrected chi connectivity index (χ3v) is 3.37. The van der Waals surface area contributed by atoms with E-state index >= 15 is 0 Å². The molecule has 2 N–H and O–H groups in total. The summed E-state index contributed by atoms with van der Waals surface area (Å²) < 4.78 is 5.03. The van der Waals surface area contributed by atoms with E-state index in [1.807, 2.05) is 0 Å². The number of nitrogens with zero attached hydrogens (tertiary/aromatic N) is 1. The Morgan fingerprint density at radius 3 is 2.60 bits per heavy atom. The number of anilines is 1. The molecule has 0 aromatic heterocycles. The number of imide groups is 1. The van der Waals surface area contributed by atoms with Crippen LogP contribution in [0.1, 0.15) is 0 Å². The van der Waals surface area contributed by atoms with Crippen LogP contribution >= 0.6 is 23.2 Å². The highest BCUT2D eigenvalue weighted by molar-refractivity contribution is 6.37. The lowest BCUT2D eigenvalue weighted by molar-refractivity contribution is -0.125. The van der Waals surface area contributed by atoms with Gasteiger partial charge in [-0.05, 0) is 12.1 Å². The molecule has 1 aliphatic heterocycles. The van der Waals surface area contributed by atoms with Crippen LogP contribution in [0.25, 0.3) is 0 Å². The van der Waals surface area contributed by atoms with E-state index < -0.39 is 0 Å². The molecule has 2 rings (SSSR count). The van der Waals surface area contributed by atoms with Gasteiger partial charge in [0.25, 0.3) is 0 Å². The molecular formula is C12H13Cl2N3O3. The Balaban J connectivity index is 2.00. The van der Waals surface area contributed by atoms with E-state index in [1.165, 1.54) is 7.11 Å². The molecule has 0 radical (unpaired) electrons. The molecule has 6 nitrogen and oxygen atoms in total. The Morgan fingerprint density at radius 2 is 2.10 bits per heavy atom. The van der Waals surface area contributed by atoms with Crippen molar-refractivity contribution in [2.45, 2.75) is 0 Å². The molecule has 0 atom stereocenters. The fourth-order valence-electron chi connectivity index (χ4n) is 1.84. The lowest BCUT2D eigenvalue weighted by atomic mass is 10.3. The van der Waals surface area contributed by atoms with Crippen LogP contribution in [-0.2, 0) is 4.79 Å². The maximum atomic E-state index is 11.8. The number of methoxy groups -OCH3 is 1. The van der Waals surface area contributed by atoms with Gasteiger partial charge >= 0.3 is 6.03 Å². The Labute approximate surface area is 126 Å². The monoisotopic (exact) mass is 317 g/mol. The number of rotatable bonds is 4. The summed E-state index contributed by atoms with van der Waals surface area (Å²) in [4.78, 5) is 24.3. The van der Waals surface area contributed by atoms with Crippen molar-refractivity contribution in [1.82, 2.24) is 10.2 Å². The van der Waals surface area contributed by atoms with Crippen LogP contribution in [0.2, 0.25) is 10.0 Å². The minimum atomic E-state index is -0.373. The first-order chi connectivity index (χ1) is 9.52. The third kappa shape index (κ3) is 3.08. The van der Waals surface area contributed by atoms with Crippen LogP contribution in [-0.4, -0.2) is 43.6 Å². The Morgan fingerprint density at radius 1 is 1.45 bits per heavy atom. The van der Waals surface area contributed by atoms with E-state index in [4.69, 9.17) is 27.9 Å². The molecule has 1 aromatic carbocycles. The molecule has 1 heterocycles. The molecule has 0 spiro atoms. The molecule has 0 unspecified atom stereocenters. The van der Waals surface area contributed by atoms with Crippen molar-refractivity contribution >= 4 is 40.8 Å². The van der Waals surface area contributed by atoms with Crippen LogP contribution in [0, 0.1) is 0 Å². The molecular weight excluding hydrogens is 305 g/mol. The van der Waals surface area contributed by atoms with E-state index in [1.54, 1.807) is 12.1 Å². The number of hydrogen-bond acceptors (Lipinski definition) is 4. The fraction of sp³-hybridized carbons (Fsp3) is 0.333. The highest BCUT2D eigenvalue weighted by Crippen LogP contribution is 2.35.